The van der Waals surface area contributed by atoms with Crippen LogP contribution in [-0.2, 0) is 30.8 Å². The van der Waals surface area contributed by atoms with Crippen LogP contribution in [0.15, 0.2) is 30.3 Å². The zero-order valence-electron chi connectivity index (χ0n) is 16.0. The van der Waals surface area contributed by atoms with E-state index in [1.54, 1.807) is 11.8 Å². The van der Waals surface area contributed by atoms with Crippen LogP contribution in [0, 0.1) is 5.92 Å². The maximum Gasteiger partial charge on any atom is 0.309 e. The van der Waals surface area contributed by atoms with Gasteiger partial charge in [0.15, 0.2) is 0 Å². The number of piperidine rings is 1. The number of ether oxygens (including phenoxy) is 1. The molecule has 0 aromatic heterocycles. The maximum absolute atomic E-state index is 12.6. The number of sulfonamides is 1. The quantitative estimate of drug-likeness (QED) is 0.619. The van der Waals surface area contributed by atoms with E-state index in [0.717, 1.165) is 11.8 Å². The molecule has 1 fully saturated rings. The highest BCUT2D eigenvalue weighted by Gasteiger charge is 2.30. The Balaban J connectivity index is 1.90. The third-order valence-electron chi connectivity index (χ3n) is 4.74. The first-order valence-corrected chi connectivity index (χ1v) is 11.1. The molecule has 0 unspecified atom stereocenters. The fourth-order valence-electron chi connectivity index (χ4n) is 3.14. The number of likely N-dealkylation sites (tertiary alicyclic amines) is 1. The Morgan fingerprint density at radius 3 is 2.37 bits per heavy atom. The number of carbonyl (C=O) groups excluding carboxylic acids is 2. The lowest BCUT2D eigenvalue weighted by molar-refractivity contribution is -0.151. The van der Waals surface area contributed by atoms with Crippen LogP contribution in [-0.4, -0.2) is 68.5 Å². The van der Waals surface area contributed by atoms with Gasteiger partial charge < -0.3 is 9.64 Å². The number of nitrogens with zero attached hydrogens (tertiary/aromatic N) is 2. The fourth-order valence-corrected chi connectivity index (χ4v) is 3.90. The Morgan fingerprint density at radius 2 is 1.81 bits per heavy atom. The molecule has 8 heteroatoms. The molecule has 0 radical (unpaired) electrons. The summed E-state index contributed by atoms with van der Waals surface area (Å²) in [5, 5.41) is 0. The molecule has 0 aliphatic carbocycles. The highest BCUT2D eigenvalue weighted by molar-refractivity contribution is 7.88. The van der Waals surface area contributed by atoms with E-state index in [0.29, 0.717) is 39.0 Å². The smallest absolute Gasteiger partial charge is 0.309 e. The molecule has 150 valence electrons. The first-order chi connectivity index (χ1) is 12.8. The first-order valence-electron chi connectivity index (χ1n) is 9.24. The maximum atomic E-state index is 12.6. The van der Waals surface area contributed by atoms with Crippen LogP contribution in [0.2, 0.25) is 0 Å². The first kappa shape index (κ1) is 21.4. The number of esters is 1. The highest BCUT2D eigenvalue weighted by atomic mass is 32.2. The molecule has 1 saturated heterocycles. The van der Waals surface area contributed by atoms with Gasteiger partial charge in [0.25, 0.3) is 0 Å². The van der Waals surface area contributed by atoms with Crippen molar-refractivity contribution in [1.29, 1.82) is 0 Å². The van der Waals surface area contributed by atoms with Gasteiger partial charge >= 0.3 is 5.97 Å². The zero-order valence-corrected chi connectivity index (χ0v) is 16.8. The summed E-state index contributed by atoms with van der Waals surface area (Å²) < 4.78 is 30.4. The van der Waals surface area contributed by atoms with Crippen LogP contribution in [0.3, 0.4) is 0 Å². The molecule has 1 aromatic rings. The monoisotopic (exact) mass is 396 g/mol. The van der Waals surface area contributed by atoms with Crippen molar-refractivity contribution in [3.63, 3.8) is 0 Å². The Kier molecular flexibility index (Phi) is 7.79. The lowest BCUT2D eigenvalue weighted by atomic mass is 9.97. The number of carbonyl (C=O) groups is 2. The number of amides is 1. The van der Waals surface area contributed by atoms with E-state index in [4.69, 9.17) is 4.74 Å². The Labute approximate surface area is 161 Å². The standard InChI is InChI=1S/C19H28N2O5S/c1-3-26-19(23)17-10-12-20(13-11-17)18(22)15-21(27(2,24)25)14-9-16-7-5-4-6-8-16/h4-8,17H,3,9-15H2,1-2H3. The van der Waals surface area contributed by atoms with Crippen LogP contribution in [0.25, 0.3) is 0 Å². The molecular weight excluding hydrogens is 368 g/mol. The van der Waals surface area contributed by atoms with E-state index in [9.17, 15) is 18.0 Å². The number of hydrogen-bond acceptors (Lipinski definition) is 5. The van der Waals surface area contributed by atoms with E-state index < -0.39 is 10.0 Å². The molecular formula is C19H28N2O5S. The van der Waals surface area contributed by atoms with Crippen molar-refractivity contribution in [2.75, 3.05) is 39.0 Å². The van der Waals surface area contributed by atoms with Gasteiger partial charge in [-0.05, 0) is 31.7 Å². The number of benzene rings is 1. The van der Waals surface area contributed by atoms with Crippen molar-refractivity contribution >= 4 is 21.9 Å². The summed E-state index contributed by atoms with van der Waals surface area (Å²) in [6, 6.07) is 9.57. The zero-order chi connectivity index (χ0) is 19.9. The summed E-state index contributed by atoms with van der Waals surface area (Å²) >= 11 is 0. The second-order valence-corrected chi connectivity index (χ2v) is 8.72. The topological polar surface area (TPSA) is 84.0 Å². The van der Waals surface area contributed by atoms with Crippen LogP contribution < -0.4 is 0 Å². The van der Waals surface area contributed by atoms with E-state index >= 15 is 0 Å². The summed E-state index contributed by atoms with van der Waals surface area (Å²) in [5.41, 5.74) is 1.02. The largest absolute Gasteiger partial charge is 0.466 e. The van der Waals surface area contributed by atoms with Crippen molar-refractivity contribution in [3.8, 4) is 0 Å². The average molecular weight is 397 g/mol. The van der Waals surface area contributed by atoms with Gasteiger partial charge in [0.2, 0.25) is 15.9 Å². The van der Waals surface area contributed by atoms with Gasteiger partial charge in [-0.2, -0.15) is 4.31 Å². The van der Waals surface area contributed by atoms with Crippen molar-refractivity contribution < 1.29 is 22.7 Å². The summed E-state index contributed by atoms with van der Waals surface area (Å²) in [6.07, 6.45) is 2.77. The molecule has 1 aliphatic heterocycles. The molecule has 27 heavy (non-hydrogen) atoms. The highest BCUT2D eigenvalue weighted by Crippen LogP contribution is 2.19. The molecule has 0 bridgehead atoms. The molecule has 1 heterocycles. The molecule has 1 aliphatic rings. The predicted molar refractivity (Wildman–Crippen MR) is 102 cm³/mol. The molecule has 7 nitrogen and oxygen atoms in total. The Hall–Kier alpha value is -1.93. The van der Waals surface area contributed by atoms with E-state index in [1.165, 1.54) is 4.31 Å². The Bertz CT molecular complexity index is 728. The van der Waals surface area contributed by atoms with Crippen molar-refractivity contribution in [3.05, 3.63) is 35.9 Å². The van der Waals surface area contributed by atoms with Crippen LogP contribution >= 0.6 is 0 Å². The van der Waals surface area contributed by atoms with Gasteiger partial charge in [-0.3, -0.25) is 9.59 Å². The van der Waals surface area contributed by atoms with Gasteiger partial charge in [0.05, 0.1) is 25.3 Å². The molecule has 0 spiro atoms. The Morgan fingerprint density at radius 1 is 1.19 bits per heavy atom. The predicted octanol–water partition coefficient (Wildman–Crippen LogP) is 1.29. The van der Waals surface area contributed by atoms with Gasteiger partial charge in [-0.15, -0.1) is 0 Å². The molecule has 1 aromatic carbocycles. The molecule has 2 rings (SSSR count). The van der Waals surface area contributed by atoms with Gasteiger partial charge in [-0.25, -0.2) is 8.42 Å². The summed E-state index contributed by atoms with van der Waals surface area (Å²) in [7, 11) is -3.49. The summed E-state index contributed by atoms with van der Waals surface area (Å²) in [5.74, 6) is -0.626. The molecule has 0 atom stereocenters. The minimum Gasteiger partial charge on any atom is -0.466 e. The third kappa shape index (κ3) is 6.62. The van der Waals surface area contributed by atoms with Crippen molar-refractivity contribution in [2.45, 2.75) is 26.2 Å². The third-order valence-corrected chi connectivity index (χ3v) is 5.99. The minimum absolute atomic E-state index is 0.171. The second-order valence-electron chi connectivity index (χ2n) is 6.74. The summed E-state index contributed by atoms with van der Waals surface area (Å²) in [4.78, 5) is 26.0. The lowest BCUT2D eigenvalue weighted by Gasteiger charge is -2.32. The van der Waals surface area contributed by atoms with Crippen molar-refractivity contribution in [2.24, 2.45) is 5.92 Å². The van der Waals surface area contributed by atoms with Crippen molar-refractivity contribution in [1.82, 2.24) is 9.21 Å². The van der Waals surface area contributed by atoms with E-state index in [-0.39, 0.29) is 30.9 Å². The number of rotatable bonds is 8. The van der Waals surface area contributed by atoms with Gasteiger partial charge in [-0.1, -0.05) is 30.3 Å². The fraction of sp³-hybridized carbons (Fsp3) is 0.579. The van der Waals surface area contributed by atoms with Gasteiger partial charge in [0, 0.05) is 19.6 Å². The van der Waals surface area contributed by atoms with Crippen LogP contribution in [0.4, 0.5) is 0 Å². The van der Waals surface area contributed by atoms with E-state index in [2.05, 4.69) is 0 Å². The molecule has 0 saturated carbocycles. The normalized spacial score (nSPS) is 15.7. The average Bonchev–Trinajstić information content (AvgIpc) is 2.65. The van der Waals surface area contributed by atoms with E-state index in [1.807, 2.05) is 30.3 Å². The summed E-state index contributed by atoms with van der Waals surface area (Å²) in [6.45, 7) is 3.09. The number of hydrogen-bond donors (Lipinski definition) is 0. The minimum atomic E-state index is -3.49. The van der Waals surface area contributed by atoms with Crippen LogP contribution in [0.1, 0.15) is 25.3 Å². The van der Waals surface area contributed by atoms with Crippen LogP contribution in [0.5, 0.6) is 0 Å². The second kappa shape index (κ2) is 9.85. The molecule has 1 amide bonds. The van der Waals surface area contributed by atoms with Gasteiger partial charge in [0.1, 0.15) is 0 Å². The lowest BCUT2D eigenvalue weighted by Crippen LogP contribution is -2.46. The molecule has 0 N–H and O–H groups in total. The SMILES string of the molecule is CCOC(=O)C1CCN(C(=O)CN(CCc2ccccc2)S(C)(=O)=O)CC1.